The summed E-state index contributed by atoms with van der Waals surface area (Å²) in [6, 6.07) is 13.6. The highest BCUT2D eigenvalue weighted by Crippen LogP contribution is 2.42. The van der Waals surface area contributed by atoms with E-state index in [1.807, 2.05) is 36.4 Å². The number of phenols is 1. The molecule has 1 atom stereocenters. The summed E-state index contributed by atoms with van der Waals surface area (Å²) in [6.07, 6.45) is 0.170. The molecule has 0 spiro atoms. The van der Waals surface area contributed by atoms with Crippen LogP contribution in [0.4, 0.5) is 0 Å². The Balaban J connectivity index is 2.36. The molecule has 0 amide bonds. The van der Waals surface area contributed by atoms with Gasteiger partial charge in [0.25, 0.3) is 0 Å². The summed E-state index contributed by atoms with van der Waals surface area (Å²) in [5.41, 5.74) is 2.08. The zero-order chi connectivity index (χ0) is 12.3. The smallest absolute Gasteiger partial charge is 0.123 e. The second kappa shape index (κ2) is 3.24. The van der Waals surface area contributed by atoms with Gasteiger partial charge in [0, 0.05) is 11.8 Å². The Hall–Kier alpha value is -2.06. The fourth-order valence-electron chi connectivity index (χ4n) is 3.07. The topological polar surface area (TPSA) is 40.5 Å². The monoisotopic (exact) mass is 236 g/mol. The van der Waals surface area contributed by atoms with E-state index in [0.29, 0.717) is 12.2 Å². The fourth-order valence-corrected chi connectivity index (χ4v) is 3.07. The van der Waals surface area contributed by atoms with Crippen molar-refractivity contribution in [1.29, 1.82) is 0 Å². The minimum atomic E-state index is -0.448. The summed E-state index contributed by atoms with van der Waals surface area (Å²) in [5.74, 6) is 0.307. The molecule has 2 heteroatoms. The van der Waals surface area contributed by atoms with Crippen LogP contribution in [0.2, 0.25) is 0 Å². The van der Waals surface area contributed by atoms with Crippen molar-refractivity contribution in [3.63, 3.8) is 0 Å². The van der Waals surface area contributed by atoms with Gasteiger partial charge < -0.3 is 10.2 Å². The molecule has 0 radical (unpaired) electrons. The maximum atomic E-state index is 10.2. The normalized spacial score (nSPS) is 17.7. The number of aliphatic hydroxyl groups is 1. The van der Waals surface area contributed by atoms with Crippen molar-refractivity contribution in [1.82, 2.24) is 0 Å². The van der Waals surface area contributed by atoms with E-state index in [2.05, 4.69) is 0 Å². The third-order valence-electron chi connectivity index (χ3n) is 3.89. The summed E-state index contributed by atoms with van der Waals surface area (Å²) in [6.45, 7) is 0. The average molecular weight is 236 g/mol. The Kier molecular flexibility index (Phi) is 1.78. The Bertz CT molecular complexity index is 790. The van der Waals surface area contributed by atoms with Gasteiger partial charge >= 0.3 is 0 Å². The number of aromatic hydroxyl groups is 1. The zero-order valence-electron chi connectivity index (χ0n) is 9.72. The van der Waals surface area contributed by atoms with Crippen LogP contribution in [0.1, 0.15) is 17.2 Å². The molecule has 4 rings (SSSR count). The van der Waals surface area contributed by atoms with Crippen molar-refractivity contribution in [2.75, 3.05) is 0 Å². The summed E-state index contributed by atoms with van der Waals surface area (Å²) in [4.78, 5) is 0. The maximum absolute atomic E-state index is 10.2. The molecule has 2 N–H and O–H groups in total. The molecule has 0 heterocycles. The van der Waals surface area contributed by atoms with Crippen LogP contribution in [0.15, 0.2) is 42.5 Å². The Morgan fingerprint density at radius 1 is 0.944 bits per heavy atom. The highest BCUT2D eigenvalue weighted by atomic mass is 16.3. The van der Waals surface area contributed by atoms with Crippen LogP contribution in [0, 0.1) is 0 Å². The lowest BCUT2D eigenvalue weighted by Crippen LogP contribution is -2.08. The quantitative estimate of drug-likeness (QED) is 0.588. The van der Waals surface area contributed by atoms with E-state index in [-0.39, 0.29) is 0 Å². The van der Waals surface area contributed by atoms with Crippen molar-refractivity contribution >= 4 is 21.5 Å². The van der Waals surface area contributed by atoms with Crippen molar-refractivity contribution in [3.8, 4) is 5.75 Å². The van der Waals surface area contributed by atoms with E-state index in [0.717, 1.165) is 32.7 Å². The van der Waals surface area contributed by atoms with Gasteiger partial charge in [0.15, 0.2) is 0 Å². The molecule has 18 heavy (non-hydrogen) atoms. The number of hydrogen-bond donors (Lipinski definition) is 2. The number of aliphatic hydroxyl groups excluding tert-OH is 1. The van der Waals surface area contributed by atoms with Gasteiger partial charge in [0.1, 0.15) is 5.75 Å². The molecule has 1 aliphatic carbocycles. The first-order valence-corrected chi connectivity index (χ1v) is 6.10. The molecule has 1 unspecified atom stereocenters. The SMILES string of the molecule is Oc1ccc2c3c1ccc1cccc(c13)C(O)C2. The van der Waals surface area contributed by atoms with E-state index >= 15 is 0 Å². The molecular weight excluding hydrogens is 224 g/mol. The molecule has 2 nitrogen and oxygen atoms in total. The van der Waals surface area contributed by atoms with Gasteiger partial charge in [-0.25, -0.2) is 0 Å². The van der Waals surface area contributed by atoms with Crippen LogP contribution in [-0.4, -0.2) is 10.2 Å². The van der Waals surface area contributed by atoms with Crippen LogP contribution in [0.5, 0.6) is 5.75 Å². The lowest BCUT2D eigenvalue weighted by molar-refractivity contribution is 0.179. The number of benzene rings is 3. The molecule has 88 valence electrons. The van der Waals surface area contributed by atoms with Crippen LogP contribution in [0.3, 0.4) is 0 Å². The first-order chi connectivity index (χ1) is 8.75. The fraction of sp³-hybridized carbons (Fsp3) is 0.125. The lowest BCUT2D eigenvalue weighted by Gasteiger charge is -2.23. The zero-order valence-corrected chi connectivity index (χ0v) is 9.72. The predicted octanol–water partition coefficient (Wildman–Crippen LogP) is 3.29. The van der Waals surface area contributed by atoms with Crippen molar-refractivity contribution in [2.45, 2.75) is 12.5 Å². The summed E-state index contributed by atoms with van der Waals surface area (Å²) >= 11 is 0. The van der Waals surface area contributed by atoms with E-state index in [1.54, 1.807) is 6.07 Å². The molecule has 3 aromatic carbocycles. The van der Waals surface area contributed by atoms with Gasteiger partial charge in [0.05, 0.1) is 6.10 Å². The van der Waals surface area contributed by atoms with Gasteiger partial charge in [-0.2, -0.15) is 0 Å². The van der Waals surface area contributed by atoms with Gasteiger partial charge in [-0.3, -0.25) is 0 Å². The third-order valence-corrected chi connectivity index (χ3v) is 3.89. The number of phenolic OH excluding ortho intramolecular Hbond substituents is 1. The molecule has 0 fully saturated rings. The van der Waals surface area contributed by atoms with Gasteiger partial charge in [-0.05, 0) is 33.4 Å². The van der Waals surface area contributed by atoms with E-state index in [9.17, 15) is 10.2 Å². The van der Waals surface area contributed by atoms with Crippen molar-refractivity contribution in [2.24, 2.45) is 0 Å². The highest BCUT2D eigenvalue weighted by molar-refractivity contribution is 6.13. The second-order valence-electron chi connectivity index (χ2n) is 4.90. The van der Waals surface area contributed by atoms with Crippen molar-refractivity contribution < 1.29 is 10.2 Å². The highest BCUT2D eigenvalue weighted by Gasteiger charge is 2.22. The third kappa shape index (κ3) is 1.11. The van der Waals surface area contributed by atoms with E-state index in [4.69, 9.17) is 0 Å². The van der Waals surface area contributed by atoms with Crippen LogP contribution in [0.25, 0.3) is 21.5 Å². The Morgan fingerprint density at radius 2 is 1.83 bits per heavy atom. The summed E-state index contributed by atoms with van der Waals surface area (Å²) in [7, 11) is 0. The minimum absolute atomic E-state index is 0.307. The first kappa shape index (κ1) is 9.92. The van der Waals surface area contributed by atoms with Gasteiger partial charge in [-0.15, -0.1) is 0 Å². The number of hydrogen-bond acceptors (Lipinski definition) is 2. The van der Waals surface area contributed by atoms with Crippen LogP contribution >= 0.6 is 0 Å². The molecular formula is C16H12O2. The standard InChI is InChI=1S/C16H12O2/c17-13-7-5-10-8-14(18)11-3-1-2-9-4-6-12(13)16(10)15(9)11/h1-7,14,17-18H,8H2. The molecule has 3 aromatic rings. The first-order valence-electron chi connectivity index (χ1n) is 6.10. The second-order valence-corrected chi connectivity index (χ2v) is 4.90. The summed E-state index contributed by atoms with van der Waals surface area (Å²) < 4.78 is 0. The van der Waals surface area contributed by atoms with E-state index < -0.39 is 6.10 Å². The van der Waals surface area contributed by atoms with E-state index in [1.165, 1.54) is 0 Å². The summed E-state index contributed by atoms with van der Waals surface area (Å²) in [5, 5.41) is 24.4. The minimum Gasteiger partial charge on any atom is -0.507 e. The molecule has 0 aromatic heterocycles. The Morgan fingerprint density at radius 3 is 2.72 bits per heavy atom. The maximum Gasteiger partial charge on any atom is 0.123 e. The molecule has 1 aliphatic rings. The van der Waals surface area contributed by atoms with Crippen molar-refractivity contribution in [3.05, 3.63) is 53.6 Å². The molecule has 0 saturated carbocycles. The predicted molar refractivity (Wildman–Crippen MR) is 71.8 cm³/mol. The van der Waals surface area contributed by atoms with Gasteiger partial charge in [-0.1, -0.05) is 36.4 Å². The lowest BCUT2D eigenvalue weighted by atomic mass is 9.84. The average Bonchev–Trinajstić information content (AvgIpc) is 2.40. The largest absolute Gasteiger partial charge is 0.507 e. The van der Waals surface area contributed by atoms with Crippen LogP contribution < -0.4 is 0 Å². The van der Waals surface area contributed by atoms with Crippen LogP contribution in [-0.2, 0) is 6.42 Å². The molecule has 0 bridgehead atoms. The Labute approximate surface area is 104 Å². The number of rotatable bonds is 0. The molecule has 0 aliphatic heterocycles. The molecule has 0 saturated heterocycles. The van der Waals surface area contributed by atoms with Gasteiger partial charge in [0.2, 0.25) is 0 Å².